The van der Waals surface area contributed by atoms with Crippen LogP contribution in [0, 0.1) is 17.0 Å². The molecular formula is C22H22N4O5. The predicted molar refractivity (Wildman–Crippen MR) is 113 cm³/mol. The number of ether oxygens (including phenoxy) is 2. The first kappa shape index (κ1) is 20.7. The fraction of sp³-hybridized carbons (Fsp3) is 0.273. The van der Waals surface area contributed by atoms with E-state index in [1.165, 1.54) is 26.4 Å². The van der Waals surface area contributed by atoms with Crippen LogP contribution in [-0.4, -0.2) is 53.0 Å². The van der Waals surface area contributed by atoms with E-state index in [9.17, 15) is 14.9 Å². The van der Waals surface area contributed by atoms with Crippen LogP contribution >= 0.6 is 0 Å². The van der Waals surface area contributed by atoms with Gasteiger partial charge in [0.1, 0.15) is 5.69 Å². The Morgan fingerprint density at radius 1 is 1.19 bits per heavy atom. The zero-order chi connectivity index (χ0) is 22.1. The SMILES string of the molecule is COC(CN1C(=O)c2[nH]nc(-c3ccc(C)cc3)c2C1c1cccc([N+](=O)[O-])c1)OC. The Labute approximate surface area is 178 Å². The molecule has 3 aromatic rings. The molecule has 1 unspecified atom stereocenters. The van der Waals surface area contributed by atoms with Gasteiger partial charge < -0.3 is 14.4 Å². The van der Waals surface area contributed by atoms with Crippen LogP contribution < -0.4 is 0 Å². The first-order valence-electron chi connectivity index (χ1n) is 9.70. The van der Waals surface area contributed by atoms with Gasteiger partial charge in [0, 0.05) is 37.5 Å². The summed E-state index contributed by atoms with van der Waals surface area (Å²) < 4.78 is 10.6. The molecule has 0 saturated heterocycles. The number of amides is 1. The van der Waals surface area contributed by atoms with Gasteiger partial charge in [-0.1, -0.05) is 42.0 Å². The van der Waals surface area contributed by atoms with E-state index in [-0.39, 0.29) is 18.1 Å². The molecule has 0 spiro atoms. The summed E-state index contributed by atoms with van der Waals surface area (Å²) in [4.78, 5) is 25.8. The maximum atomic E-state index is 13.3. The summed E-state index contributed by atoms with van der Waals surface area (Å²) in [6.07, 6.45) is -0.648. The van der Waals surface area contributed by atoms with E-state index in [1.807, 2.05) is 31.2 Å². The van der Waals surface area contributed by atoms with Crippen molar-refractivity contribution in [2.75, 3.05) is 20.8 Å². The van der Waals surface area contributed by atoms with Gasteiger partial charge in [-0.15, -0.1) is 0 Å². The molecule has 31 heavy (non-hydrogen) atoms. The van der Waals surface area contributed by atoms with Crippen molar-refractivity contribution in [2.24, 2.45) is 0 Å². The molecule has 160 valence electrons. The van der Waals surface area contributed by atoms with E-state index in [2.05, 4.69) is 10.2 Å². The van der Waals surface area contributed by atoms with Crippen molar-refractivity contribution in [3.63, 3.8) is 0 Å². The third-order valence-electron chi connectivity index (χ3n) is 5.46. The third kappa shape index (κ3) is 3.69. The number of carbonyl (C=O) groups excluding carboxylic acids is 1. The van der Waals surface area contributed by atoms with Crippen LogP contribution in [0.3, 0.4) is 0 Å². The fourth-order valence-corrected chi connectivity index (χ4v) is 3.88. The number of H-pyrrole nitrogens is 1. The van der Waals surface area contributed by atoms with E-state index >= 15 is 0 Å². The summed E-state index contributed by atoms with van der Waals surface area (Å²) in [5.74, 6) is -0.267. The number of non-ortho nitro benzene ring substituents is 1. The summed E-state index contributed by atoms with van der Waals surface area (Å²) in [5, 5.41) is 18.6. The van der Waals surface area contributed by atoms with Gasteiger partial charge >= 0.3 is 0 Å². The topological polar surface area (TPSA) is 111 Å². The molecule has 1 aliphatic heterocycles. The Kier molecular flexibility index (Phi) is 5.53. The van der Waals surface area contributed by atoms with Crippen molar-refractivity contribution in [1.82, 2.24) is 15.1 Å². The summed E-state index contributed by atoms with van der Waals surface area (Å²) in [7, 11) is 2.99. The maximum absolute atomic E-state index is 13.3. The molecule has 0 radical (unpaired) electrons. The molecule has 1 aliphatic rings. The van der Waals surface area contributed by atoms with E-state index in [1.54, 1.807) is 17.0 Å². The lowest BCUT2D eigenvalue weighted by molar-refractivity contribution is -0.384. The number of nitrogens with one attached hydrogen (secondary N) is 1. The second-order valence-corrected chi connectivity index (χ2v) is 7.34. The molecule has 1 N–H and O–H groups in total. The van der Waals surface area contributed by atoms with Crippen LogP contribution in [-0.2, 0) is 9.47 Å². The minimum atomic E-state index is -0.648. The van der Waals surface area contributed by atoms with E-state index < -0.39 is 17.3 Å². The Balaban J connectivity index is 1.87. The number of aromatic amines is 1. The Morgan fingerprint density at radius 2 is 1.90 bits per heavy atom. The molecule has 9 nitrogen and oxygen atoms in total. The van der Waals surface area contributed by atoms with Crippen molar-refractivity contribution in [1.29, 1.82) is 0 Å². The van der Waals surface area contributed by atoms with Gasteiger partial charge in [-0.05, 0) is 12.5 Å². The molecular weight excluding hydrogens is 400 g/mol. The summed E-state index contributed by atoms with van der Waals surface area (Å²) in [6, 6.07) is 13.5. The lowest BCUT2D eigenvalue weighted by atomic mass is 9.95. The molecule has 9 heteroatoms. The summed E-state index contributed by atoms with van der Waals surface area (Å²) in [6.45, 7) is 2.14. The van der Waals surface area contributed by atoms with Gasteiger partial charge in [0.25, 0.3) is 11.6 Å². The highest BCUT2D eigenvalue weighted by Crippen LogP contribution is 2.43. The smallest absolute Gasteiger partial charge is 0.273 e. The van der Waals surface area contributed by atoms with Crippen LogP contribution in [0.1, 0.15) is 33.2 Å². The summed E-state index contributed by atoms with van der Waals surface area (Å²) in [5.41, 5.74) is 4.19. The standard InChI is InChI=1S/C22H22N4O5/c1-13-7-9-14(10-8-13)19-18-20(24-23-19)22(27)25(12-17(30-2)31-3)21(18)15-5-4-6-16(11-15)26(28)29/h4-11,17,21H,12H2,1-3H3,(H,23,24). The fourth-order valence-electron chi connectivity index (χ4n) is 3.88. The van der Waals surface area contributed by atoms with Crippen LogP contribution in [0.2, 0.25) is 0 Å². The number of hydrogen-bond acceptors (Lipinski definition) is 6. The molecule has 2 heterocycles. The highest BCUT2D eigenvalue weighted by molar-refractivity contribution is 6.00. The number of carbonyl (C=O) groups is 1. The Bertz CT molecular complexity index is 1120. The molecule has 0 fully saturated rings. The minimum absolute atomic E-state index is 0.0474. The first-order chi connectivity index (χ1) is 14.9. The van der Waals surface area contributed by atoms with Gasteiger partial charge in [0.2, 0.25) is 0 Å². The van der Waals surface area contributed by atoms with Gasteiger partial charge in [-0.25, -0.2) is 0 Å². The number of methoxy groups -OCH3 is 2. The second-order valence-electron chi connectivity index (χ2n) is 7.34. The zero-order valence-corrected chi connectivity index (χ0v) is 17.4. The number of aryl methyl sites for hydroxylation is 1. The number of rotatable bonds is 7. The van der Waals surface area contributed by atoms with E-state index in [0.717, 1.165) is 11.1 Å². The molecule has 4 rings (SSSR count). The molecule has 0 aliphatic carbocycles. The molecule has 1 aromatic heterocycles. The largest absolute Gasteiger partial charge is 0.354 e. The second kappa shape index (κ2) is 8.29. The number of fused-ring (bicyclic) bond motifs is 1. The van der Waals surface area contributed by atoms with Gasteiger partial charge in [0.05, 0.1) is 23.2 Å². The monoisotopic (exact) mass is 422 g/mol. The first-order valence-corrected chi connectivity index (χ1v) is 9.70. The number of nitro benzene ring substituents is 1. The van der Waals surface area contributed by atoms with Crippen molar-refractivity contribution >= 4 is 11.6 Å². The van der Waals surface area contributed by atoms with E-state index in [4.69, 9.17) is 9.47 Å². The van der Waals surface area contributed by atoms with Crippen molar-refractivity contribution in [2.45, 2.75) is 19.3 Å². The lowest BCUT2D eigenvalue weighted by Crippen LogP contribution is -2.38. The van der Waals surface area contributed by atoms with Crippen molar-refractivity contribution in [3.8, 4) is 11.3 Å². The molecule has 1 amide bonds. The molecule has 1 atom stereocenters. The predicted octanol–water partition coefficient (Wildman–Crippen LogP) is 3.46. The number of nitrogens with zero attached hydrogens (tertiary/aromatic N) is 3. The van der Waals surface area contributed by atoms with Gasteiger partial charge in [-0.3, -0.25) is 20.0 Å². The molecule has 0 bridgehead atoms. The van der Waals surface area contributed by atoms with Gasteiger partial charge in [0.15, 0.2) is 6.29 Å². The lowest BCUT2D eigenvalue weighted by Gasteiger charge is -2.29. The highest BCUT2D eigenvalue weighted by Gasteiger charge is 2.43. The zero-order valence-electron chi connectivity index (χ0n) is 17.4. The van der Waals surface area contributed by atoms with Crippen molar-refractivity contribution in [3.05, 3.63) is 81.0 Å². The van der Waals surface area contributed by atoms with Crippen LogP contribution in [0.15, 0.2) is 48.5 Å². The third-order valence-corrected chi connectivity index (χ3v) is 5.46. The quantitative estimate of drug-likeness (QED) is 0.355. The minimum Gasteiger partial charge on any atom is -0.354 e. The number of aromatic nitrogens is 2. The Hall–Kier alpha value is -3.56. The number of hydrogen-bond donors (Lipinski definition) is 1. The average Bonchev–Trinajstić information content (AvgIpc) is 3.31. The number of benzene rings is 2. The highest BCUT2D eigenvalue weighted by atomic mass is 16.7. The maximum Gasteiger partial charge on any atom is 0.273 e. The van der Waals surface area contributed by atoms with E-state index in [0.29, 0.717) is 22.5 Å². The van der Waals surface area contributed by atoms with Gasteiger partial charge in [-0.2, -0.15) is 5.10 Å². The number of nitro groups is 1. The Morgan fingerprint density at radius 3 is 2.55 bits per heavy atom. The molecule has 2 aromatic carbocycles. The van der Waals surface area contributed by atoms with Crippen LogP contribution in [0.5, 0.6) is 0 Å². The molecule has 0 saturated carbocycles. The van der Waals surface area contributed by atoms with Crippen LogP contribution in [0.25, 0.3) is 11.3 Å². The van der Waals surface area contributed by atoms with Crippen molar-refractivity contribution < 1.29 is 19.2 Å². The average molecular weight is 422 g/mol. The van der Waals surface area contributed by atoms with Crippen LogP contribution in [0.4, 0.5) is 5.69 Å². The summed E-state index contributed by atoms with van der Waals surface area (Å²) >= 11 is 0. The normalized spacial score (nSPS) is 15.5.